The van der Waals surface area contributed by atoms with Gasteiger partial charge in [-0.1, -0.05) is 41.0 Å². The minimum Gasteiger partial charge on any atom is -0.379 e. The molecular formula is C24H45N3O5. The highest BCUT2D eigenvalue weighted by Crippen LogP contribution is 2.29. The number of hydrogen-bond donors (Lipinski definition) is 1. The normalized spacial score (nSPS) is 21.2. The number of likely N-dealkylation sites (tertiary alicyclic amines) is 1. The number of methoxy groups -OCH3 is 2. The molecule has 8 nitrogen and oxygen atoms in total. The molecule has 1 saturated heterocycles. The van der Waals surface area contributed by atoms with Crippen molar-refractivity contribution in [2.45, 2.75) is 91.0 Å². The van der Waals surface area contributed by atoms with Gasteiger partial charge in [-0.25, -0.2) is 0 Å². The van der Waals surface area contributed by atoms with E-state index in [1.807, 2.05) is 25.8 Å². The Bertz CT molecular complexity index is 627. The molecule has 1 aliphatic rings. The number of nitrogens with two attached hydrogens (primary N) is 1. The highest BCUT2D eigenvalue weighted by atomic mass is 16.5. The summed E-state index contributed by atoms with van der Waals surface area (Å²) in [6.45, 7) is 10.6. The molecule has 0 aromatic carbocycles. The molecule has 186 valence electrons. The third-order valence-electron chi connectivity index (χ3n) is 6.92. The van der Waals surface area contributed by atoms with Gasteiger partial charge in [-0.2, -0.15) is 0 Å². The summed E-state index contributed by atoms with van der Waals surface area (Å²) in [6.07, 6.45) is 2.24. The summed E-state index contributed by atoms with van der Waals surface area (Å²) in [4.78, 5) is 41.5. The van der Waals surface area contributed by atoms with Gasteiger partial charge in [0.2, 0.25) is 17.7 Å². The number of carbonyl (C=O) groups excluding carboxylic acids is 3. The first-order chi connectivity index (χ1) is 15.0. The maximum atomic E-state index is 13.4. The maximum Gasteiger partial charge on any atom is 0.225 e. The Kier molecular flexibility index (Phi) is 11.6. The van der Waals surface area contributed by atoms with Crippen LogP contribution in [0.2, 0.25) is 0 Å². The fourth-order valence-corrected chi connectivity index (χ4v) is 4.83. The van der Waals surface area contributed by atoms with Crippen molar-refractivity contribution in [3.8, 4) is 0 Å². The van der Waals surface area contributed by atoms with Gasteiger partial charge >= 0.3 is 0 Å². The summed E-state index contributed by atoms with van der Waals surface area (Å²) in [7, 11) is 4.96. The third kappa shape index (κ3) is 7.17. The average molecular weight is 456 g/mol. The van der Waals surface area contributed by atoms with Crippen molar-refractivity contribution in [1.82, 2.24) is 9.80 Å². The molecule has 0 spiro atoms. The van der Waals surface area contributed by atoms with Crippen LogP contribution in [0.15, 0.2) is 0 Å². The molecule has 0 radical (unpaired) electrons. The molecule has 0 aromatic heterocycles. The number of amides is 3. The van der Waals surface area contributed by atoms with E-state index in [0.717, 1.165) is 19.3 Å². The summed E-state index contributed by atoms with van der Waals surface area (Å²) in [5.74, 6) is -0.486. The van der Waals surface area contributed by atoms with Crippen LogP contribution in [0.1, 0.15) is 66.7 Å². The minimum absolute atomic E-state index is 0.0453. The van der Waals surface area contributed by atoms with E-state index in [-0.39, 0.29) is 42.2 Å². The van der Waals surface area contributed by atoms with Crippen LogP contribution in [0.5, 0.6) is 0 Å². The van der Waals surface area contributed by atoms with Crippen molar-refractivity contribution in [3.63, 3.8) is 0 Å². The Morgan fingerprint density at radius 1 is 1.09 bits per heavy atom. The lowest BCUT2D eigenvalue weighted by Crippen LogP contribution is -2.53. The molecule has 2 N–H and O–H groups in total. The van der Waals surface area contributed by atoms with Gasteiger partial charge in [0.05, 0.1) is 36.6 Å². The Morgan fingerprint density at radius 3 is 2.19 bits per heavy atom. The maximum absolute atomic E-state index is 13.4. The largest absolute Gasteiger partial charge is 0.379 e. The van der Waals surface area contributed by atoms with Crippen LogP contribution in [0, 0.1) is 17.8 Å². The topological polar surface area (TPSA) is 102 Å². The van der Waals surface area contributed by atoms with Crippen molar-refractivity contribution >= 4 is 17.7 Å². The molecule has 1 heterocycles. The van der Waals surface area contributed by atoms with Gasteiger partial charge < -0.3 is 25.0 Å². The van der Waals surface area contributed by atoms with Crippen LogP contribution in [0.25, 0.3) is 0 Å². The second-order valence-corrected chi connectivity index (χ2v) is 9.65. The molecule has 1 unspecified atom stereocenters. The third-order valence-corrected chi connectivity index (χ3v) is 6.92. The Morgan fingerprint density at radius 2 is 1.72 bits per heavy atom. The van der Waals surface area contributed by atoms with Crippen LogP contribution >= 0.6 is 0 Å². The molecule has 32 heavy (non-hydrogen) atoms. The molecule has 1 fully saturated rings. The lowest BCUT2D eigenvalue weighted by atomic mass is 9.90. The number of rotatable bonds is 13. The zero-order chi connectivity index (χ0) is 24.6. The molecule has 0 aromatic rings. The zero-order valence-electron chi connectivity index (χ0n) is 21.3. The van der Waals surface area contributed by atoms with Gasteiger partial charge in [-0.3, -0.25) is 14.4 Å². The van der Waals surface area contributed by atoms with E-state index in [1.165, 1.54) is 0 Å². The SMILES string of the molecule is CC[C@H](C)[C@@H]([C@@H](CC(=O)N1CCC[C@H]1C(OC)[C@@H](C)C(N)=O)OC)N(C)C(=O)CC(C)C. The van der Waals surface area contributed by atoms with Crippen molar-refractivity contribution in [2.24, 2.45) is 23.5 Å². The van der Waals surface area contributed by atoms with Crippen molar-refractivity contribution in [2.75, 3.05) is 27.8 Å². The predicted molar refractivity (Wildman–Crippen MR) is 125 cm³/mol. The smallest absolute Gasteiger partial charge is 0.225 e. The van der Waals surface area contributed by atoms with E-state index in [2.05, 4.69) is 13.8 Å². The molecule has 1 rings (SSSR count). The number of carbonyl (C=O) groups is 3. The van der Waals surface area contributed by atoms with Crippen molar-refractivity contribution in [1.29, 1.82) is 0 Å². The molecule has 0 saturated carbocycles. The highest BCUT2D eigenvalue weighted by molar-refractivity contribution is 5.79. The molecule has 0 bridgehead atoms. The Hall–Kier alpha value is -1.67. The number of primary amides is 1. The summed E-state index contributed by atoms with van der Waals surface area (Å²) in [6, 6.07) is -0.404. The lowest BCUT2D eigenvalue weighted by molar-refractivity contribution is -0.145. The van der Waals surface area contributed by atoms with E-state index in [0.29, 0.717) is 13.0 Å². The lowest BCUT2D eigenvalue weighted by Gasteiger charge is -2.39. The molecule has 6 atom stereocenters. The highest BCUT2D eigenvalue weighted by Gasteiger charge is 2.41. The summed E-state index contributed by atoms with van der Waals surface area (Å²) in [5.41, 5.74) is 5.51. The van der Waals surface area contributed by atoms with Crippen molar-refractivity contribution < 1.29 is 23.9 Å². The summed E-state index contributed by atoms with van der Waals surface area (Å²) < 4.78 is 11.4. The molecule has 8 heteroatoms. The Balaban J connectivity index is 3.06. The van der Waals surface area contributed by atoms with Crippen LogP contribution in [0.3, 0.4) is 0 Å². The minimum atomic E-state index is -0.496. The van der Waals surface area contributed by atoms with Gasteiger partial charge in [-0.15, -0.1) is 0 Å². The van der Waals surface area contributed by atoms with Gasteiger partial charge in [0.15, 0.2) is 0 Å². The second-order valence-electron chi connectivity index (χ2n) is 9.65. The van der Waals surface area contributed by atoms with Crippen LogP contribution in [0.4, 0.5) is 0 Å². The van der Waals surface area contributed by atoms with E-state index in [1.54, 1.807) is 26.0 Å². The number of nitrogens with zero attached hydrogens (tertiary/aromatic N) is 2. The second kappa shape index (κ2) is 13.1. The van der Waals surface area contributed by atoms with Gasteiger partial charge in [-0.05, 0) is 24.7 Å². The number of likely N-dealkylation sites (N-methyl/N-ethyl adjacent to an activating group) is 1. The standard InChI is InChI=1S/C24H45N3O5/c1-9-16(4)22(26(6)20(28)13-15(2)3)19(31-7)14-21(29)27-12-10-11-18(27)23(32-8)17(5)24(25)30/h15-19,22-23H,9-14H2,1-8H3,(H2,25,30)/t16-,17+,18-,19+,22-,23?/m0/s1. The Labute approximate surface area is 194 Å². The number of hydrogen-bond acceptors (Lipinski definition) is 5. The predicted octanol–water partition coefficient (Wildman–Crippen LogP) is 2.44. The van der Waals surface area contributed by atoms with Gasteiger partial charge in [0.25, 0.3) is 0 Å². The van der Waals surface area contributed by atoms with E-state index in [4.69, 9.17) is 15.2 Å². The zero-order valence-corrected chi connectivity index (χ0v) is 21.3. The van der Waals surface area contributed by atoms with Crippen molar-refractivity contribution in [3.05, 3.63) is 0 Å². The monoisotopic (exact) mass is 455 g/mol. The molecule has 1 aliphatic heterocycles. The van der Waals surface area contributed by atoms with Crippen LogP contribution in [-0.4, -0.2) is 79.6 Å². The fraction of sp³-hybridized carbons (Fsp3) is 0.875. The quantitative estimate of drug-likeness (QED) is 0.460. The van der Waals surface area contributed by atoms with Crippen LogP contribution in [-0.2, 0) is 23.9 Å². The number of ether oxygens (including phenoxy) is 2. The average Bonchev–Trinajstić information content (AvgIpc) is 3.22. The van der Waals surface area contributed by atoms with Gasteiger partial charge in [0.1, 0.15) is 0 Å². The van der Waals surface area contributed by atoms with E-state index in [9.17, 15) is 14.4 Å². The summed E-state index contributed by atoms with van der Waals surface area (Å²) >= 11 is 0. The molecule has 3 amide bonds. The first kappa shape index (κ1) is 28.4. The molecular weight excluding hydrogens is 410 g/mol. The van der Waals surface area contributed by atoms with Gasteiger partial charge in [0, 0.05) is 34.2 Å². The molecule has 0 aliphatic carbocycles. The first-order valence-electron chi connectivity index (χ1n) is 11.9. The van der Waals surface area contributed by atoms with Crippen LogP contribution < -0.4 is 5.73 Å². The summed E-state index contributed by atoms with van der Waals surface area (Å²) in [5, 5.41) is 0. The van der Waals surface area contributed by atoms with E-state index < -0.39 is 24.0 Å². The van der Waals surface area contributed by atoms with E-state index >= 15 is 0 Å². The first-order valence-corrected chi connectivity index (χ1v) is 11.9. The fourth-order valence-electron chi connectivity index (χ4n) is 4.83.